The third-order valence-corrected chi connectivity index (χ3v) is 6.26. The lowest BCUT2D eigenvalue weighted by atomic mass is 9.54. The van der Waals surface area contributed by atoms with Crippen molar-refractivity contribution in [3.8, 4) is 0 Å². The molecule has 1 heteroatoms. The molecule has 0 aromatic heterocycles. The molecule has 0 aromatic rings. The van der Waals surface area contributed by atoms with Gasteiger partial charge in [0.15, 0.2) is 0 Å². The summed E-state index contributed by atoms with van der Waals surface area (Å²) in [5.74, 6) is 2.95. The highest BCUT2D eigenvalue weighted by atomic mass is 15.3. The molecule has 0 radical (unpaired) electrons. The summed E-state index contributed by atoms with van der Waals surface area (Å²) < 4.78 is 0. The fraction of sp³-hybridized carbons (Fsp3) is 1.00. The van der Waals surface area contributed by atoms with E-state index in [-0.39, 0.29) is 0 Å². The lowest BCUT2D eigenvalue weighted by molar-refractivity contribution is -0.0702. The second-order valence-corrected chi connectivity index (χ2v) is 8.01. The van der Waals surface area contributed by atoms with Gasteiger partial charge in [-0.3, -0.25) is 4.90 Å². The van der Waals surface area contributed by atoms with Gasteiger partial charge in [-0.2, -0.15) is 0 Å². The third kappa shape index (κ3) is 1.77. The van der Waals surface area contributed by atoms with E-state index >= 15 is 0 Å². The van der Waals surface area contributed by atoms with E-state index in [1.165, 1.54) is 19.3 Å². The first-order valence-corrected chi connectivity index (χ1v) is 8.26. The molecule has 1 spiro atoms. The molecule has 1 saturated heterocycles. The van der Waals surface area contributed by atoms with Crippen LogP contribution in [-0.4, -0.2) is 23.0 Å². The van der Waals surface area contributed by atoms with Gasteiger partial charge in [0.2, 0.25) is 0 Å². The van der Waals surface area contributed by atoms with Gasteiger partial charge < -0.3 is 0 Å². The highest BCUT2D eigenvalue weighted by Crippen LogP contribution is 2.67. The van der Waals surface area contributed by atoms with Gasteiger partial charge in [0.05, 0.1) is 0 Å². The summed E-state index contributed by atoms with van der Waals surface area (Å²) in [5, 5.41) is 0. The Kier molecular flexibility index (Phi) is 3.05. The van der Waals surface area contributed by atoms with Crippen LogP contribution < -0.4 is 0 Å². The van der Waals surface area contributed by atoms with Gasteiger partial charge in [-0.15, -0.1) is 0 Å². The maximum absolute atomic E-state index is 2.87. The zero-order valence-electron chi connectivity index (χ0n) is 12.9. The topological polar surface area (TPSA) is 3.24 Å². The average Bonchev–Trinajstić information content (AvgIpc) is 3.02. The van der Waals surface area contributed by atoms with Gasteiger partial charge in [-0.1, -0.05) is 27.2 Å². The van der Waals surface area contributed by atoms with Gasteiger partial charge in [-0.25, -0.2) is 0 Å². The smallest absolute Gasteiger partial charge is 0.0139 e. The van der Waals surface area contributed by atoms with Gasteiger partial charge in [0, 0.05) is 18.1 Å². The highest BCUT2D eigenvalue weighted by Gasteiger charge is 2.64. The molecule has 2 aliphatic carbocycles. The molecule has 104 valence electrons. The van der Waals surface area contributed by atoms with E-state index in [1.54, 1.807) is 12.8 Å². The molecule has 3 unspecified atom stereocenters. The minimum Gasteiger partial charge on any atom is -0.294 e. The van der Waals surface area contributed by atoms with Crippen LogP contribution in [-0.2, 0) is 0 Å². The van der Waals surface area contributed by atoms with Crippen LogP contribution in [0.15, 0.2) is 0 Å². The molecule has 18 heavy (non-hydrogen) atoms. The molecule has 0 bridgehead atoms. The zero-order chi connectivity index (χ0) is 13.1. The van der Waals surface area contributed by atoms with E-state index < -0.39 is 0 Å². The van der Waals surface area contributed by atoms with Crippen LogP contribution in [0.3, 0.4) is 0 Å². The van der Waals surface area contributed by atoms with Crippen molar-refractivity contribution in [3.63, 3.8) is 0 Å². The number of hydrogen-bond donors (Lipinski definition) is 0. The number of piperidine rings is 1. The van der Waals surface area contributed by atoms with Crippen molar-refractivity contribution in [1.82, 2.24) is 4.90 Å². The first-order chi connectivity index (χ1) is 8.48. The van der Waals surface area contributed by atoms with Crippen LogP contribution in [0.5, 0.6) is 0 Å². The number of hydrogen-bond acceptors (Lipinski definition) is 1. The molecule has 3 aliphatic rings. The van der Waals surface area contributed by atoms with E-state index in [0.717, 1.165) is 41.3 Å². The van der Waals surface area contributed by atoms with Gasteiger partial charge in [0.1, 0.15) is 0 Å². The summed E-state index contributed by atoms with van der Waals surface area (Å²) in [6.07, 6.45) is 7.54. The molecule has 3 rings (SSSR count). The number of rotatable bonds is 3. The normalized spacial score (nSPS) is 47.5. The van der Waals surface area contributed by atoms with Crippen LogP contribution in [0, 0.1) is 23.2 Å². The number of nitrogens with zero attached hydrogens (tertiary/aromatic N) is 1. The van der Waals surface area contributed by atoms with Crippen molar-refractivity contribution in [2.24, 2.45) is 23.2 Å². The van der Waals surface area contributed by atoms with Crippen molar-refractivity contribution >= 4 is 0 Å². The van der Waals surface area contributed by atoms with E-state index in [2.05, 4.69) is 39.5 Å². The first kappa shape index (κ1) is 13.0. The second-order valence-electron chi connectivity index (χ2n) is 8.01. The van der Waals surface area contributed by atoms with Crippen LogP contribution in [0.4, 0.5) is 0 Å². The average molecular weight is 249 g/mol. The predicted molar refractivity (Wildman–Crippen MR) is 77.6 cm³/mol. The molecular formula is C17H31N. The largest absolute Gasteiger partial charge is 0.294 e. The summed E-state index contributed by atoms with van der Waals surface area (Å²) in [4.78, 5) is 2.87. The highest BCUT2D eigenvalue weighted by molar-refractivity contribution is 5.16. The lowest BCUT2D eigenvalue weighted by Crippen LogP contribution is -2.56. The maximum Gasteiger partial charge on any atom is 0.0139 e. The molecule has 2 saturated carbocycles. The molecule has 0 aromatic carbocycles. The standard InChI is InChI=1S/C17H31N/c1-6-13-8-17(9-13)10-16(11(2)3)18(12(4)5)15-7-14(15)17/h11-16H,6-10H2,1-5H3. The van der Waals surface area contributed by atoms with Crippen molar-refractivity contribution in [3.05, 3.63) is 0 Å². The summed E-state index contributed by atoms with van der Waals surface area (Å²) in [7, 11) is 0. The maximum atomic E-state index is 2.87. The Morgan fingerprint density at radius 2 is 1.78 bits per heavy atom. The minimum atomic E-state index is 0.742. The second kappa shape index (κ2) is 4.23. The lowest BCUT2D eigenvalue weighted by Gasteiger charge is -2.56. The Bertz CT molecular complexity index is 314. The SMILES string of the molecule is CCC1CC2(C1)CC(C(C)C)N(C(C)C)C1CC12. The minimum absolute atomic E-state index is 0.742. The Morgan fingerprint density at radius 3 is 2.28 bits per heavy atom. The van der Waals surface area contributed by atoms with Crippen LogP contribution >= 0.6 is 0 Å². The summed E-state index contributed by atoms with van der Waals surface area (Å²) >= 11 is 0. The van der Waals surface area contributed by atoms with Gasteiger partial charge in [-0.05, 0) is 62.7 Å². The molecule has 1 nitrogen and oxygen atoms in total. The van der Waals surface area contributed by atoms with E-state index in [9.17, 15) is 0 Å². The molecule has 0 amide bonds. The molecule has 3 atom stereocenters. The fourth-order valence-electron chi connectivity index (χ4n) is 5.28. The summed E-state index contributed by atoms with van der Waals surface area (Å²) in [6, 6.07) is 2.54. The summed E-state index contributed by atoms with van der Waals surface area (Å²) in [5.41, 5.74) is 0.783. The third-order valence-electron chi connectivity index (χ3n) is 6.26. The van der Waals surface area contributed by atoms with E-state index in [1.807, 2.05) is 0 Å². The fourth-order valence-corrected chi connectivity index (χ4v) is 5.28. The van der Waals surface area contributed by atoms with E-state index in [0.29, 0.717) is 0 Å². The van der Waals surface area contributed by atoms with E-state index in [4.69, 9.17) is 0 Å². The summed E-state index contributed by atoms with van der Waals surface area (Å²) in [6.45, 7) is 12.1. The van der Waals surface area contributed by atoms with Crippen LogP contribution in [0.25, 0.3) is 0 Å². The van der Waals surface area contributed by atoms with Crippen LogP contribution in [0.2, 0.25) is 0 Å². The Balaban J connectivity index is 1.77. The van der Waals surface area contributed by atoms with Crippen molar-refractivity contribution in [2.75, 3.05) is 0 Å². The van der Waals surface area contributed by atoms with Crippen LogP contribution in [0.1, 0.15) is 66.7 Å². The number of fused-ring (bicyclic) bond motifs is 2. The zero-order valence-corrected chi connectivity index (χ0v) is 12.9. The van der Waals surface area contributed by atoms with Crippen molar-refractivity contribution in [1.29, 1.82) is 0 Å². The predicted octanol–water partition coefficient (Wildman–Crippen LogP) is 4.32. The van der Waals surface area contributed by atoms with Crippen molar-refractivity contribution in [2.45, 2.75) is 84.8 Å². The molecule has 3 fully saturated rings. The van der Waals surface area contributed by atoms with Gasteiger partial charge >= 0.3 is 0 Å². The number of likely N-dealkylation sites (tertiary alicyclic amines) is 1. The first-order valence-electron chi connectivity index (χ1n) is 8.26. The Labute approximate surface area is 113 Å². The monoisotopic (exact) mass is 249 g/mol. The quantitative estimate of drug-likeness (QED) is 0.720. The Morgan fingerprint density at radius 1 is 1.11 bits per heavy atom. The molecule has 1 aliphatic heterocycles. The van der Waals surface area contributed by atoms with Gasteiger partial charge in [0.25, 0.3) is 0 Å². The Hall–Kier alpha value is -0.0400. The molecule has 1 heterocycles. The van der Waals surface area contributed by atoms with Crippen molar-refractivity contribution < 1.29 is 0 Å². The molecule has 0 N–H and O–H groups in total. The molecular weight excluding hydrogens is 218 g/mol.